The molecule has 134 valence electrons. The van der Waals surface area contributed by atoms with Crippen LogP contribution in [0.3, 0.4) is 0 Å². The second-order valence-electron chi connectivity index (χ2n) is 6.39. The number of carbonyl (C=O) groups is 1. The van der Waals surface area contributed by atoms with E-state index in [-0.39, 0.29) is 5.91 Å². The zero-order chi connectivity index (χ0) is 18.8. The molecule has 0 fully saturated rings. The standard InChI is InChI=1S/C20H22N4OS/c1-12-6-7-13(2)17(10-12)18-11-26-20(21-18)22-19(25)9-8-16-14(3)23-24(5)15(16)4/h6-11H,1-5H3,(H,21,22,25)/b9-8+. The van der Waals surface area contributed by atoms with Crippen LogP contribution in [0.5, 0.6) is 0 Å². The second-order valence-corrected chi connectivity index (χ2v) is 7.25. The minimum Gasteiger partial charge on any atom is -0.298 e. The number of benzene rings is 1. The molecule has 6 heteroatoms. The third-order valence-electron chi connectivity index (χ3n) is 4.37. The molecule has 3 aromatic rings. The molecule has 2 aromatic heterocycles. The van der Waals surface area contributed by atoms with Crippen LogP contribution in [-0.2, 0) is 11.8 Å². The Morgan fingerprint density at radius 2 is 2.00 bits per heavy atom. The van der Waals surface area contributed by atoms with E-state index in [0.29, 0.717) is 5.13 Å². The van der Waals surface area contributed by atoms with Gasteiger partial charge in [-0.2, -0.15) is 5.10 Å². The summed E-state index contributed by atoms with van der Waals surface area (Å²) in [6, 6.07) is 6.29. The third-order valence-corrected chi connectivity index (χ3v) is 5.13. The normalized spacial score (nSPS) is 11.3. The lowest BCUT2D eigenvalue weighted by Crippen LogP contribution is -2.07. The maximum atomic E-state index is 12.2. The molecular weight excluding hydrogens is 344 g/mol. The molecule has 3 rings (SSSR count). The summed E-state index contributed by atoms with van der Waals surface area (Å²) in [5.41, 5.74) is 7.24. The first kappa shape index (κ1) is 18.1. The molecule has 0 spiro atoms. The number of anilines is 1. The van der Waals surface area contributed by atoms with Crippen LogP contribution in [0.2, 0.25) is 0 Å². The van der Waals surface area contributed by atoms with E-state index in [1.54, 1.807) is 6.08 Å². The summed E-state index contributed by atoms with van der Waals surface area (Å²) in [6.07, 6.45) is 3.32. The van der Waals surface area contributed by atoms with Gasteiger partial charge in [-0.3, -0.25) is 14.8 Å². The second kappa shape index (κ2) is 7.25. The van der Waals surface area contributed by atoms with Crippen molar-refractivity contribution in [3.63, 3.8) is 0 Å². The summed E-state index contributed by atoms with van der Waals surface area (Å²) in [4.78, 5) is 16.8. The van der Waals surface area contributed by atoms with Gasteiger partial charge in [0.15, 0.2) is 5.13 Å². The fourth-order valence-electron chi connectivity index (χ4n) is 2.80. The first-order valence-electron chi connectivity index (χ1n) is 8.37. The van der Waals surface area contributed by atoms with E-state index >= 15 is 0 Å². The Labute approximate surface area is 157 Å². The van der Waals surface area contributed by atoms with E-state index in [2.05, 4.69) is 47.4 Å². The van der Waals surface area contributed by atoms with Gasteiger partial charge in [0.1, 0.15) is 0 Å². The largest absolute Gasteiger partial charge is 0.298 e. The van der Waals surface area contributed by atoms with Crippen LogP contribution in [0.4, 0.5) is 5.13 Å². The molecule has 0 aliphatic rings. The number of thiazole rings is 1. The van der Waals surface area contributed by atoms with Crippen molar-refractivity contribution in [1.82, 2.24) is 14.8 Å². The van der Waals surface area contributed by atoms with Gasteiger partial charge in [-0.05, 0) is 45.4 Å². The van der Waals surface area contributed by atoms with Crippen LogP contribution in [0, 0.1) is 27.7 Å². The van der Waals surface area contributed by atoms with Crippen molar-refractivity contribution >= 4 is 28.5 Å². The van der Waals surface area contributed by atoms with Gasteiger partial charge in [-0.1, -0.05) is 17.7 Å². The van der Waals surface area contributed by atoms with E-state index in [1.807, 2.05) is 31.0 Å². The number of nitrogens with zero attached hydrogens (tertiary/aromatic N) is 3. The summed E-state index contributed by atoms with van der Waals surface area (Å²) >= 11 is 1.43. The van der Waals surface area contributed by atoms with Crippen molar-refractivity contribution in [3.8, 4) is 11.3 Å². The minimum absolute atomic E-state index is 0.200. The Bertz CT molecular complexity index is 997. The van der Waals surface area contributed by atoms with Crippen molar-refractivity contribution < 1.29 is 4.79 Å². The SMILES string of the molecule is Cc1ccc(C)c(-c2csc(NC(=O)/C=C/c3c(C)nn(C)c3C)n2)c1. The molecule has 0 aliphatic heterocycles. The molecule has 0 atom stereocenters. The summed E-state index contributed by atoms with van der Waals surface area (Å²) in [7, 11) is 1.89. The Balaban J connectivity index is 1.74. The maximum Gasteiger partial charge on any atom is 0.250 e. The average Bonchev–Trinajstić information content (AvgIpc) is 3.13. The number of hydrogen-bond donors (Lipinski definition) is 1. The summed E-state index contributed by atoms with van der Waals surface area (Å²) in [5.74, 6) is -0.200. The van der Waals surface area contributed by atoms with E-state index in [4.69, 9.17) is 0 Å². The predicted octanol–water partition coefficient (Wildman–Crippen LogP) is 4.43. The first-order valence-corrected chi connectivity index (χ1v) is 9.25. The van der Waals surface area contributed by atoms with E-state index in [1.165, 1.54) is 28.5 Å². The number of aromatic nitrogens is 3. The van der Waals surface area contributed by atoms with Crippen molar-refractivity contribution in [1.29, 1.82) is 0 Å². The number of amides is 1. The van der Waals surface area contributed by atoms with E-state index < -0.39 is 0 Å². The molecule has 0 saturated heterocycles. The number of aryl methyl sites for hydroxylation is 4. The Morgan fingerprint density at radius 3 is 2.69 bits per heavy atom. The van der Waals surface area contributed by atoms with Gasteiger partial charge in [-0.15, -0.1) is 11.3 Å². The Kier molecular flexibility index (Phi) is 5.04. The van der Waals surface area contributed by atoms with Crippen LogP contribution >= 0.6 is 11.3 Å². The average molecular weight is 366 g/mol. The van der Waals surface area contributed by atoms with Crippen LogP contribution in [-0.4, -0.2) is 20.7 Å². The highest BCUT2D eigenvalue weighted by molar-refractivity contribution is 7.14. The fraction of sp³-hybridized carbons (Fsp3) is 0.250. The zero-order valence-corrected chi connectivity index (χ0v) is 16.4. The van der Waals surface area contributed by atoms with Gasteiger partial charge in [0.05, 0.1) is 11.4 Å². The lowest BCUT2D eigenvalue weighted by atomic mass is 10.0. The molecule has 2 heterocycles. The molecule has 0 saturated carbocycles. The van der Waals surface area contributed by atoms with Gasteiger partial charge in [0.25, 0.3) is 0 Å². The molecule has 1 amide bonds. The quantitative estimate of drug-likeness (QED) is 0.695. The van der Waals surface area contributed by atoms with Crippen LogP contribution in [0.1, 0.15) is 28.1 Å². The highest BCUT2D eigenvalue weighted by Crippen LogP contribution is 2.28. The smallest absolute Gasteiger partial charge is 0.250 e. The van der Waals surface area contributed by atoms with Gasteiger partial charge in [-0.25, -0.2) is 4.98 Å². The van der Waals surface area contributed by atoms with Crippen LogP contribution < -0.4 is 5.32 Å². The van der Waals surface area contributed by atoms with E-state index in [0.717, 1.165) is 28.2 Å². The summed E-state index contributed by atoms with van der Waals surface area (Å²) in [6.45, 7) is 8.04. The highest BCUT2D eigenvalue weighted by atomic mass is 32.1. The molecule has 1 aromatic carbocycles. The van der Waals surface area contributed by atoms with Crippen molar-refractivity contribution in [2.24, 2.45) is 7.05 Å². The summed E-state index contributed by atoms with van der Waals surface area (Å²) in [5, 5.41) is 9.75. The minimum atomic E-state index is -0.200. The molecular formula is C20H22N4OS. The van der Waals surface area contributed by atoms with Gasteiger partial charge < -0.3 is 0 Å². The predicted molar refractivity (Wildman–Crippen MR) is 107 cm³/mol. The molecule has 5 nitrogen and oxygen atoms in total. The number of rotatable bonds is 4. The molecule has 0 aliphatic carbocycles. The molecule has 0 bridgehead atoms. The lowest BCUT2D eigenvalue weighted by Gasteiger charge is -2.03. The van der Waals surface area contributed by atoms with Crippen molar-refractivity contribution in [2.75, 3.05) is 5.32 Å². The topological polar surface area (TPSA) is 59.8 Å². The Hall–Kier alpha value is -2.73. The molecule has 1 N–H and O–H groups in total. The monoisotopic (exact) mass is 366 g/mol. The Morgan fingerprint density at radius 1 is 1.23 bits per heavy atom. The third kappa shape index (κ3) is 3.75. The highest BCUT2D eigenvalue weighted by Gasteiger charge is 2.10. The summed E-state index contributed by atoms with van der Waals surface area (Å²) < 4.78 is 1.81. The zero-order valence-electron chi connectivity index (χ0n) is 15.6. The van der Waals surface area contributed by atoms with Gasteiger partial charge in [0, 0.05) is 35.3 Å². The lowest BCUT2D eigenvalue weighted by molar-refractivity contribution is -0.111. The number of hydrogen-bond acceptors (Lipinski definition) is 4. The molecule has 26 heavy (non-hydrogen) atoms. The first-order chi connectivity index (χ1) is 12.3. The number of nitrogens with one attached hydrogen (secondary N) is 1. The maximum absolute atomic E-state index is 12.2. The van der Waals surface area contributed by atoms with Gasteiger partial charge in [0.2, 0.25) is 5.91 Å². The molecule has 0 radical (unpaired) electrons. The fourth-order valence-corrected chi connectivity index (χ4v) is 3.52. The van der Waals surface area contributed by atoms with Crippen LogP contribution in [0.15, 0.2) is 29.7 Å². The van der Waals surface area contributed by atoms with Crippen molar-refractivity contribution in [2.45, 2.75) is 27.7 Å². The van der Waals surface area contributed by atoms with Gasteiger partial charge >= 0.3 is 0 Å². The number of carbonyl (C=O) groups excluding carboxylic acids is 1. The van der Waals surface area contributed by atoms with Crippen LogP contribution in [0.25, 0.3) is 17.3 Å². The molecule has 0 unspecified atom stereocenters. The van der Waals surface area contributed by atoms with Crippen molar-refractivity contribution in [3.05, 3.63) is 57.7 Å². The van der Waals surface area contributed by atoms with E-state index in [9.17, 15) is 4.79 Å².